The molecule has 0 amide bonds. The Labute approximate surface area is 269 Å². The fraction of sp³-hybridized carbons (Fsp3) is 0.200. The highest BCUT2D eigenvalue weighted by atomic mass is 32.1. The number of fused-ring (bicyclic) bond motifs is 3. The Morgan fingerprint density at radius 1 is 0.444 bits per heavy atom. The first-order valence-electron chi connectivity index (χ1n) is 13.7. The van der Waals surface area contributed by atoms with Crippen LogP contribution in [0.1, 0.15) is 16.7 Å². The number of anilines is 6. The number of nitrogens with zero attached hydrogens (tertiary/aromatic N) is 6. The molecule has 0 aliphatic rings. The zero-order valence-electron chi connectivity index (χ0n) is 25.1. The number of aryl methyl sites for hydroxylation is 3. The van der Waals surface area contributed by atoms with Crippen LogP contribution in [-0.4, -0.2) is 51.2 Å². The number of thiazole rings is 3. The van der Waals surface area contributed by atoms with Crippen molar-refractivity contribution in [2.45, 2.75) is 20.8 Å². The lowest BCUT2D eigenvalue weighted by Gasteiger charge is -2.08. The second-order valence-electron chi connectivity index (χ2n) is 10.1. The summed E-state index contributed by atoms with van der Waals surface area (Å²) in [6.45, 7) is 6.17. The Balaban J connectivity index is 1.25. The summed E-state index contributed by atoms with van der Waals surface area (Å²) in [5, 5.41) is 11.7. The molecule has 0 atom stereocenters. The van der Waals surface area contributed by atoms with Crippen LogP contribution in [0.3, 0.4) is 0 Å². The lowest BCUT2D eigenvalue weighted by atomic mass is 10.1. The molecule has 0 radical (unpaired) electrons. The van der Waals surface area contributed by atoms with E-state index in [2.05, 4.69) is 56.9 Å². The van der Waals surface area contributed by atoms with E-state index >= 15 is 0 Å². The van der Waals surface area contributed by atoms with Gasteiger partial charge in [0.2, 0.25) is 17.8 Å². The van der Waals surface area contributed by atoms with E-state index in [1.807, 2.05) is 31.2 Å². The van der Waals surface area contributed by atoms with Gasteiger partial charge in [0.15, 0.2) is 26.9 Å². The maximum atomic E-state index is 5.49. The molecule has 0 saturated carbocycles. The van der Waals surface area contributed by atoms with Gasteiger partial charge >= 0.3 is 0 Å². The van der Waals surface area contributed by atoms with Crippen molar-refractivity contribution < 1.29 is 14.2 Å². The summed E-state index contributed by atoms with van der Waals surface area (Å²) >= 11 is 4.45. The van der Waals surface area contributed by atoms with Crippen molar-refractivity contribution in [1.82, 2.24) is 29.9 Å². The maximum Gasteiger partial charge on any atom is 0.235 e. The van der Waals surface area contributed by atoms with Crippen LogP contribution in [0.2, 0.25) is 0 Å². The molecule has 0 bridgehead atoms. The third-order valence-corrected chi connectivity index (χ3v) is 9.90. The molecule has 12 nitrogen and oxygen atoms in total. The van der Waals surface area contributed by atoms with Crippen LogP contribution in [-0.2, 0) is 0 Å². The molecule has 3 N–H and O–H groups in total. The average Bonchev–Trinajstić information content (AvgIpc) is 3.70. The van der Waals surface area contributed by atoms with Crippen LogP contribution >= 0.6 is 34.0 Å². The number of nitrogens with one attached hydrogen (secondary N) is 3. The zero-order chi connectivity index (χ0) is 31.2. The molecule has 228 valence electrons. The predicted octanol–water partition coefficient (Wildman–Crippen LogP) is 7.88. The van der Waals surface area contributed by atoms with Gasteiger partial charge in [-0.15, -0.1) is 0 Å². The lowest BCUT2D eigenvalue weighted by Crippen LogP contribution is -2.07. The van der Waals surface area contributed by atoms with E-state index in [9.17, 15) is 0 Å². The zero-order valence-corrected chi connectivity index (χ0v) is 27.5. The van der Waals surface area contributed by atoms with Crippen LogP contribution in [0, 0.1) is 20.8 Å². The number of aromatic nitrogens is 6. The quantitative estimate of drug-likeness (QED) is 0.139. The van der Waals surface area contributed by atoms with Crippen LogP contribution in [0.4, 0.5) is 33.2 Å². The summed E-state index contributed by atoms with van der Waals surface area (Å²) in [5.74, 6) is 2.94. The Hall–Kier alpha value is -4.86. The Morgan fingerprint density at radius 2 is 0.822 bits per heavy atom. The predicted molar refractivity (Wildman–Crippen MR) is 182 cm³/mol. The van der Waals surface area contributed by atoms with Crippen LogP contribution in [0.25, 0.3) is 30.6 Å². The largest absolute Gasteiger partial charge is 0.496 e. The van der Waals surface area contributed by atoms with E-state index in [1.54, 1.807) is 21.3 Å². The van der Waals surface area contributed by atoms with Gasteiger partial charge in [-0.3, -0.25) is 16.0 Å². The molecule has 0 unspecified atom stereocenters. The van der Waals surface area contributed by atoms with Crippen LogP contribution in [0.15, 0.2) is 36.4 Å². The summed E-state index contributed by atoms with van der Waals surface area (Å²) in [6, 6.07) is 11.9. The van der Waals surface area contributed by atoms with Gasteiger partial charge in [0.1, 0.15) is 5.75 Å². The minimum Gasteiger partial charge on any atom is -0.496 e. The van der Waals surface area contributed by atoms with E-state index in [-0.39, 0.29) is 0 Å². The van der Waals surface area contributed by atoms with Gasteiger partial charge in [0, 0.05) is 12.1 Å². The van der Waals surface area contributed by atoms with Crippen LogP contribution < -0.4 is 30.2 Å². The summed E-state index contributed by atoms with van der Waals surface area (Å²) in [4.78, 5) is 28.2. The normalized spacial score (nSPS) is 11.3. The number of hydrogen-bond donors (Lipinski definition) is 3. The molecule has 45 heavy (non-hydrogen) atoms. The van der Waals surface area contributed by atoms with E-state index in [4.69, 9.17) is 29.2 Å². The Kier molecular flexibility index (Phi) is 7.43. The Bertz CT molecular complexity index is 2150. The smallest absolute Gasteiger partial charge is 0.235 e. The fourth-order valence-corrected chi connectivity index (χ4v) is 7.38. The molecule has 15 heteroatoms. The number of hydrogen-bond acceptors (Lipinski definition) is 15. The first kappa shape index (κ1) is 28.9. The third kappa shape index (κ3) is 5.72. The number of methoxy groups -OCH3 is 3. The number of ether oxygens (including phenoxy) is 3. The SMILES string of the molecule is COc1cc2sc(Nc3nc(Nc4nc5cc(C)c(C)cc5s4)nc(Nc4nc5cc(OC)c(OC)cc5s4)n3)nc2cc1C. The molecular weight excluding hydrogens is 631 g/mol. The number of benzene rings is 3. The molecule has 0 spiro atoms. The molecule has 0 aliphatic carbocycles. The summed E-state index contributed by atoms with van der Waals surface area (Å²) in [7, 11) is 4.86. The Morgan fingerprint density at radius 3 is 1.31 bits per heavy atom. The van der Waals surface area contributed by atoms with E-state index < -0.39 is 0 Å². The van der Waals surface area contributed by atoms with E-state index in [1.165, 1.54) is 45.1 Å². The van der Waals surface area contributed by atoms with Gasteiger partial charge in [-0.2, -0.15) is 15.0 Å². The van der Waals surface area contributed by atoms with E-state index in [0.29, 0.717) is 44.7 Å². The fourth-order valence-electron chi connectivity index (χ4n) is 4.71. The lowest BCUT2D eigenvalue weighted by molar-refractivity contribution is 0.356. The second kappa shape index (κ2) is 11.6. The average molecular weight is 658 g/mol. The first-order valence-corrected chi connectivity index (χ1v) is 16.2. The highest BCUT2D eigenvalue weighted by Crippen LogP contribution is 2.37. The minimum absolute atomic E-state index is 0.291. The summed E-state index contributed by atoms with van der Waals surface area (Å²) < 4.78 is 19.4. The molecule has 0 saturated heterocycles. The van der Waals surface area contributed by atoms with Crippen molar-refractivity contribution in [3.05, 3.63) is 53.1 Å². The monoisotopic (exact) mass is 657 g/mol. The van der Waals surface area contributed by atoms with E-state index in [0.717, 1.165) is 42.0 Å². The van der Waals surface area contributed by atoms with Crippen molar-refractivity contribution in [3.8, 4) is 17.2 Å². The van der Waals surface area contributed by atoms with Gasteiger partial charge in [-0.25, -0.2) is 15.0 Å². The third-order valence-electron chi connectivity index (χ3n) is 7.09. The first-order chi connectivity index (χ1) is 21.8. The molecule has 4 heterocycles. The maximum absolute atomic E-state index is 5.49. The molecular formula is C30H27N9O3S3. The molecule has 0 aliphatic heterocycles. The van der Waals surface area contributed by atoms with Gasteiger partial charge in [0.25, 0.3) is 0 Å². The van der Waals surface area contributed by atoms with Gasteiger partial charge in [0.05, 0.1) is 52.0 Å². The topological polar surface area (TPSA) is 141 Å². The van der Waals surface area contributed by atoms with Crippen molar-refractivity contribution >= 4 is 97.9 Å². The van der Waals surface area contributed by atoms with Gasteiger partial charge < -0.3 is 14.2 Å². The van der Waals surface area contributed by atoms with Gasteiger partial charge in [-0.1, -0.05) is 34.0 Å². The molecule has 7 aromatic rings. The standard InChI is InChI=1S/C30H27N9O3S3/c1-13-7-16-22(9-14(13)2)43-28(31-16)37-25-34-26(38-29-32-17-8-15(3)19(40-4)11-23(17)44-29)36-27(35-25)39-30-33-18-10-20(41-5)21(42-6)12-24(18)45-30/h7-12H,1-6H3,(H3,31,32,33,34,35,36,37,38,39). The van der Waals surface area contributed by atoms with Crippen molar-refractivity contribution in [2.75, 3.05) is 37.3 Å². The van der Waals surface area contributed by atoms with Gasteiger partial charge in [-0.05, 0) is 61.7 Å². The summed E-state index contributed by atoms with van der Waals surface area (Å²) in [5.41, 5.74) is 5.93. The van der Waals surface area contributed by atoms with Crippen LogP contribution in [0.5, 0.6) is 17.2 Å². The molecule has 7 rings (SSSR count). The van der Waals surface area contributed by atoms with Crippen molar-refractivity contribution in [1.29, 1.82) is 0 Å². The van der Waals surface area contributed by atoms with Crippen molar-refractivity contribution in [3.63, 3.8) is 0 Å². The highest BCUT2D eigenvalue weighted by molar-refractivity contribution is 7.23. The van der Waals surface area contributed by atoms with Crippen molar-refractivity contribution in [2.24, 2.45) is 0 Å². The second-order valence-corrected chi connectivity index (χ2v) is 13.2. The highest BCUT2D eigenvalue weighted by Gasteiger charge is 2.16. The molecule has 0 fully saturated rings. The minimum atomic E-state index is 0.291. The molecule has 4 aromatic heterocycles. The summed E-state index contributed by atoms with van der Waals surface area (Å²) in [6.07, 6.45) is 0. The number of rotatable bonds is 9. The molecule has 3 aromatic carbocycles.